The third kappa shape index (κ3) is 3.51. The van der Waals surface area contributed by atoms with Gasteiger partial charge in [-0.1, -0.05) is 19.1 Å². The molecule has 2 nitrogen and oxygen atoms in total. The van der Waals surface area contributed by atoms with Gasteiger partial charge in [-0.05, 0) is 81.1 Å². The van der Waals surface area contributed by atoms with E-state index in [4.69, 9.17) is 0 Å². The molecule has 0 bridgehead atoms. The largest absolute Gasteiger partial charge is 0.307 e. The van der Waals surface area contributed by atoms with Gasteiger partial charge in [-0.15, -0.1) is 0 Å². The van der Waals surface area contributed by atoms with Crippen LogP contribution >= 0.6 is 0 Å². The molecule has 1 heterocycles. The molecule has 0 fully saturated rings. The van der Waals surface area contributed by atoms with Crippen LogP contribution in [0, 0.1) is 34.6 Å². The van der Waals surface area contributed by atoms with Crippen molar-refractivity contribution >= 4 is 0 Å². The van der Waals surface area contributed by atoms with Crippen LogP contribution in [0.25, 0.3) is 0 Å². The van der Waals surface area contributed by atoms with Crippen LogP contribution in [0.2, 0.25) is 0 Å². The SMILES string of the molecule is CCNC(c1cc(C)nc(C)c1)c1cc(C)c(C)cc1C. The minimum Gasteiger partial charge on any atom is -0.307 e. The molecule has 2 rings (SSSR count). The number of hydrogen-bond donors (Lipinski definition) is 1. The molecule has 0 saturated heterocycles. The Bertz CT molecular complexity index is 624. The number of aromatic nitrogens is 1. The summed E-state index contributed by atoms with van der Waals surface area (Å²) in [6.07, 6.45) is 0. The van der Waals surface area contributed by atoms with E-state index in [0.29, 0.717) is 0 Å². The monoisotopic (exact) mass is 282 g/mol. The molecule has 0 saturated carbocycles. The van der Waals surface area contributed by atoms with Gasteiger partial charge in [-0.25, -0.2) is 0 Å². The molecule has 0 radical (unpaired) electrons. The Morgan fingerprint density at radius 1 is 0.857 bits per heavy atom. The molecule has 1 aromatic carbocycles. The number of hydrogen-bond acceptors (Lipinski definition) is 2. The zero-order valence-corrected chi connectivity index (χ0v) is 14.0. The lowest BCUT2D eigenvalue weighted by Crippen LogP contribution is -2.23. The van der Waals surface area contributed by atoms with Gasteiger partial charge in [0.1, 0.15) is 0 Å². The quantitative estimate of drug-likeness (QED) is 0.903. The maximum absolute atomic E-state index is 4.50. The van der Waals surface area contributed by atoms with Crippen molar-refractivity contribution in [2.24, 2.45) is 0 Å². The molecule has 1 unspecified atom stereocenters. The van der Waals surface area contributed by atoms with Crippen molar-refractivity contribution in [3.8, 4) is 0 Å². The number of aryl methyl sites for hydroxylation is 5. The maximum Gasteiger partial charge on any atom is 0.0580 e. The summed E-state index contributed by atoms with van der Waals surface area (Å²) in [5, 5.41) is 3.63. The number of rotatable bonds is 4. The molecule has 112 valence electrons. The molecule has 1 aromatic heterocycles. The normalized spacial score (nSPS) is 12.5. The molecule has 0 aliphatic rings. The van der Waals surface area contributed by atoms with Crippen LogP contribution in [0.1, 0.15) is 52.2 Å². The Hall–Kier alpha value is -1.67. The number of nitrogens with one attached hydrogen (secondary N) is 1. The lowest BCUT2D eigenvalue weighted by Gasteiger charge is -2.23. The van der Waals surface area contributed by atoms with Crippen LogP contribution in [0.3, 0.4) is 0 Å². The van der Waals surface area contributed by atoms with E-state index in [1.807, 2.05) is 0 Å². The summed E-state index contributed by atoms with van der Waals surface area (Å²) >= 11 is 0. The molecular formula is C19H26N2. The summed E-state index contributed by atoms with van der Waals surface area (Å²) in [7, 11) is 0. The molecule has 21 heavy (non-hydrogen) atoms. The zero-order chi connectivity index (χ0) is 15.6. The van der Waals surface area contributed by atoms with Gasteiger partial charge in [0, 0.05) is 11.4 Å². The first kappa shape index (κ1) is 15.7. The van der Waals surface area contributed by atoms with Crippen molar-refractivity contribution in [3.63, 3.8) is 0 Å². The van der Waals surface area contributed by atoms with Crippen molar-refractivity contribution in [2.75, 3.05) is 6.54 Å². The molecule has 0 aliphatic carbocycles. The Morgan fingerprint density at radius 2 is 1.43 bits per heavy atom. The second-order valence-electron chi connectivity index (χ2n) is 5.97. The Balaban J connectivity index is 2.55. The highest BCUT2D eigenvalue weighted by Gasteiger charge is 2.17. The predicted octanol–water partition coefficient (Wildman–Crippen LogP) is 4.32. The smallest absolute Gasteiger partial charge is 0.0580 e. The highest BCUT2D eigenvalue weighted by molar-refractivity contribution is 5.43. The molecular weight excluding hydrogens is 256 g/mol. The van der Waals surface area contributed by atoms with Gasteiger partial charge in [-0.3, -0.25) is 4.98 Å². The molecule has 1 atom stereocenters. The lowest BCUT2D eigenvalue weighted by molar-refractivity contribution is 0.625. The van der Waals surface area contributed by atoms with E-state index in [1.165, 1.54) is 27.8 Å². The molecule has 1 N–H and O–H groups in total. The molecule has 0 aliphatic heterocycles. The highest BCUT2D eigenvalue weighted by atomic mass is 14.9. The maximum atomic E-state index is 4.50. The molecule has 2 aromatic rings. The lowest BCUT2D eigenvalue weighted by atomic mass is 9.91. The van der Waals surface area contributed by atoms with Gasteiger partial charge in [-0.2, -0.15) is 0 Å². The predicted molar refractivity (Wildman–Crippen MR) is 89.9 cm³/mol. The van der Waals surface area contributed by atoms with E-state index in [-0.39, 0.29) is 6.04 Å². The van der Waals surface area contributed by atoms with Crippen molar-refractivity contribution in [2.45, 2.75) is 47.6 Å². The van der Waals surface area contributed by atoms with Crippen LogP contribution in [-0.2, 0) is 0 Å². The number of benzene rings is 1. The fraction of sp³-hybridized carbons (Fsp3) is 0.421. The zero-order valence-electron chi connectivity index (χ0n) is 14.0. The Kier molecular flexibility index (Phi) is 4.79. The van der Waals surface area contributed by atoms with Crippen molar-refractivity contribution < 1.29 is 0 Å². The van der Waals surface area contributed by atoms with Crippen molar-refractivity contribution in [3.05, 3.63) is 63.5 Å². The van der Waals surface area contributed by atoms with E-state index >= 15 is 0 Å². The van der Waals surface area contributed by atoms with Crippen molar-refractivity contribution in [1.29, 1.82) is 0 Å². The van der Waals surface area contributed by atoms with Crippen molar-refractivity contribution in [1.82, 2.24) is 10.3 Å². The number of pyridine rings is 1. The van der Waals surface area contributed by atoms with E-state index in [9.17, 15) is 0 Å². The summed E-state index contributed by atoms with van der Waals surface area (Å²) < 4.78 is 0. The van der Waals surface area contributed by atoms with E-state index in [2.05, 4.69) is 76.1 Å². The second-order valence-corrected chi connectivity index (χ2v) is 5.97. The Morgan fingerprint density at radius 3 is 2.00 bits per heavy atom. The average Bonchev–Trinajstić information content (AvgIpc) is 2.39. The highest BCUT2D eigenvalue weighted by Crippen LogP contribution is 2.28. The first-order chi connectivity index (χ1) is 9.92. The second kappa shape index (κ2) is 6.40. The molecule has 0 amide bonds. The van der Waals surface area contributed by atoms with Crippen LogP contribution in [-0.4, -0.2) is 11.5 Å². The third-order valence-electron chi connectivity index (χ3n) is 4.04. The van der Waals surface area contributed by atoms with Gasteiger partial charge in [0.15, 0.2) is 0 Å². The summed E-state index contributed by atoms with van der Waals surface area (Å²) in [6.45, 7) is 13.8. The van der Waals surface area contributed by atoms with E-state index in [1.54, 1.807) is 0 Å². The topological polar surface area (TPSA) is 24.9 Å². The van der Waals surface area contributed by atoms with Crippen LogP contribution in [0.5, 0.6) is 0 Å². The van der Waals surface area contributed by atoms with Gasteiger partial charge in [0.2, 0.25) is 0 Å². The van der Waals surface area contributed by atoms with Gasteiger partial charge in [0.25, 0.3) is 0 Å². The fourth-order valence-corrected chi connectivity index (χ4v) is 2.94. The summed E-state index contributed by atoms with van der Waals surface area (Å²) in [4.78, 5) is 4.50. The van der Waals surface area contributed by atoms with E-state index in [0.717, 1.165) is 17.9 Å². The van der Waals surface area contributed by atoms with Crippen LogP contribution < -0.4 is 5.32 Å². The molecule has 2 heteroatoms. The van der Waals surface area contributed by atoms with Crippen LogP contribution in [0.4, 0.5) is 0 Å². The first-order valence-electron chi connectivity index (χ1n) is 7.68. The minimum absolute atomic E-state index is 0.231. The number of nitrogens with zero attached hydrogens (tertiary/aromatic N) is 1. The van der Waals surface area contributed by atoms with E-state index < -0.39 is 0 Å². The summed E-state index contributed by atoms with van der Waals surface area (Å²) in [5.74, 6) is 0. The third-order valence-corrected chi connectivity index (χ3v) is 4.04. The Labute approximate surface area is 128 Å². The summed E-state index contributed by atoms with van der Waals surface area (Å²) in [5.41, 5.74) is 8.87. The van der Waals surface area contributed by atoms with Crippen LogP contribution in [0.15, 0.2) is 24.3 Å². The minimum atomic E-state index is 0.231. The van der Waals surface area contributed by atoms with Gasteiger partial charge in [0.05, 0.1) is 6.04 Å². The standard InChI is InChI=1S/C19H26N2/c1-7-20-19(17-10-15(5)21-16(6)11-17)18-9-13(3)12(2)8-14(18)4/h8-11,19-20H,7H2,1-6H3. The average molecular weight is 282 g/mol. The first-order valence-corrected chi connectivity index (χ1v) is 7.68. The molecule has 0 spiro atoms. The van der Waals surface area contributed by atoms with Gasteiger partial charge < -0.3 is 5.32 Å². The fourth-order valence-electron chi connectivity index (χ4n) is 2.94. The van der Waals surface area contributed by atoms with Gasteiger partial charge >= 0.3 is 0 Å². The summed E-state index contributed by atoms with van der Waals surface area (Å²) in [6, 6.07) is 9.22.